The predicted octanol–water partition coefficient (Wildman–Crippen LogP) is 2.66. The minimum atomic E-state index is -3.42. The molecule has 1 aliphatic rings. The highest BCUT2D eigenvalue weighted by molar-refractivity contribution is 7.99. The van der Waals surface area contributed by atoms with Crippen molar-refractivity contribution < 1.29 is 8.42 Å². The lowest BCUT2D eigenvalue weighted by atomic mass is 10.4. The van der Waals surface area contributed by atoms with Gasteiger partial charge >= 0.3 is 0 Å². The average Bonchev–Trinajstić information content (AvgIpc) is 2.72. The molecule has 1 heterocycles. The van der Waals surface area contributed by atoms with E-state index in [-0.39, 0.29) is 0 Å². The molecule has 1 fully saturated rings. The maximum absolute atomic E-state index is 12.7. The molecular formula is C19H23N3O2S3. The number of sulfonamides is 1. The van der Waals surface area contributed by atoms with Gasteiger partial charge in [0.1, 0.15) is 0 Å². The Morgan fingerprint density at radius 2 is 1.56 bits per heavy atom. The molecule has 0 saturated carbocycles. The Kier molecular flexibility index (Phi) is 7.12. The lowest BCUT2D eigenvalue weighted by Gasteiger charge is -2.35. The van der Waals surface area contributed by atoms with Gasteiger partial charge in [-0.1, -0.05) is 36.4 Å². The van der Waals surface area contributed by atoms with Crippen molar-refractivity contribution in [2.45, 2.75) is 9.79 Å². The molecule has 0 bridgehead atoms. The van der Waals surface area contributed by atoms with Gasteiger partial charge in [-0.25, -0.2) is 8.42 Å². The van der Waals surface area contributed by atoms with E-state index >= 15 is 0 Å². The van der Waals surface area contributed by atoms with Crippen LogP contribution in [0.5, 0.6) is 0 Å². The van der Waals surface area contributed by atoms with Crippen LogP contribution < -0.4 is 5.32 Å². The highest BCUT2D eigenvalue weighted by Gasteiger charge is 2.28. The number of thiocarbonyl (C=S) groups is 1. The van der Waals surface area contributed by atoms with Crippen molar-refractivity contribution in [2.24, 2.45) is 0 Å². The Hall–Kier alpha value is -1.61. The molecule has 2 aromatic rings. The number of thioether (sulfide) groups is 1. The Morgan fingerprint density at radius 3 is 2.19 bits per heavy atom. The Bertz CT molecular complexity index is 837. The Morgan fingerprint density at radius 1 is 0.963 bits per heavy atom. The van der Waals surface area contributed by atoms with Crippen LogP contribution in [0.4, 0.5) is 0 Å². The van der Waals surface area contributed by atoms with Crippen molar-refractivity contribution in [3.8, 4) is 0 Å². The maximum atomic E-state index is 12.7. The molecule has 0 amide bonds. The molecule has 0 spiro atoms. The highest BCUT2D eigenvalue weighted by atomic mass is 32.2. The van der Waals surface area contributed by atoms with Crippen molar-refractivity contribution in [3.05, 3.63) is 60.7 Å². The van der Waals surface area contributed by atoms with E-state index in [4.69, 9.17) is 12.2 Å². The van der Waals surface area contributed by atoms with Crippen molar-refractivity contribution in [3.63, 3.8) is 0 Å². The first-order valence-electron chi connectivity index (χ1n) is 8.83. The van der Waals surface area contributed by atoms with Gasteiger partial charge in [-0.15, -0.1) is 11.8 Å². The van der Waals surface area contributed by atoms with Gasteiger partial charge in [0, 0.05) is 43.4 Å². The molecule has 27 heavy (non-hydrogen) atoms. The third-order valence-corrected chi connectivity index (χ3v) is 7.63. The zero-order valence-corrected chi connectivity index (χ0v) is 17.4. The standard InChI is InChI=1S/C19H23N3O2S3/c23-27(24,18-9-5-2-6-10-18)22-14-12-21(13-15-22)19(25)20-11-16-26-17-7-3-1-4-8-17/h1-10H,11-16H2,(H,20,25). The predicted molar refractivity (Wildman–Crippen MR) is 115 cm³/mol. The van der Waals surface area contributed by atoms with Crippen LogP contribution in [-0.2, 0) is 10.0 Å². The summed E-state index contributed by atoms with van der Waals surface area (Å²) < 4.78 is 26.9. The molecular weight excluding hydrogens is 398 g/mol. The van der Waals surface area contributed by atoms with Crippen LogP contribution in [0.15, 0.2) is 70.5 Å². The summed E-state index contributed by atoms with van der Waals surface area (Å²) in [6.45, 7) is 2.87. The van der Waals surface area contributed by atoms with Gasteiger partial charge in [0.25, 0.3) is 0 Å². The van der Waals surface area contributed by atoms with Crippen LogP contribution in [0.2, 0.25) is 0 Å². The van der Waals surface area contributed by atoms with E-state index < -0.39 is 10.0 Å². The lowest BCUT2D eigenvalue weighted by Crippen LogP contribution is -2.53. The van der Waals surface area contributed by atoms with E-state index in [1.807, 2.05) is 29.2 Å². The second kappa shape index (κ2) is 9.54. The molecule has 2 aromatic carbocycles. The zero-order valence-electron chi connectivity index (χ0n) is 15.0. The summed E-state index contributed by atoms with van der Waals surface area (Å²) in [7, 11) is -3.42. The van der Waals surface area contributed by atoms with E-state index in [2.05, 4.69) is 17.4 Å². The fourth-order valence-electron chi connectivity index (χ4n) is 2.83. The number of nitrogens with zero attached hydrogens (tertiary/aromatic N) is 2. The fourth-order valence-corrected chi connectivity index (χ4v) is 5.35. The minimum Gasteiger partial charge on any atom is -0.362 e. The van der Waals surface area contributed by atoms with E-state index in [0.29, 0.717) is 36.2 Å². The van der Waals surface area contributed by atoms with Crippen LogP contribution >= 0.6 is 24.0 Å². The van der Waals surface area contributed by atoms with E-state index in [9.17, 15) is 8.42 Å². The van der Waals surface area contributed by atoms with Gasteiger partial charge in [0.2, 0.25) is 10.0 Å². The van der Waals surface area contributed by atoms with Crippen molar-refractivity contribution in [1.29, 1.82) is 0 Å². The van der Waals surface area contributed by atoms with Crippen LogP contribution in [0, 0.1) is 0 Å². The molecule has 0 radical (unpaired) electrons. The monoisotopic (exact) mass is 421 g/mol. The van der Waals surface area contributed by atoms with Crippen molar-refractivity contribution in [2.75, 3.05) is 38.5 Å². The van der Waals surface area contributed by atoms with Gasteiger partial charge < -0.3 is 10.2 Å². The number of rotatable bonds is 6. The molecule has 1 saturated heterocycles. The van der Waals surface area contributed by atoms with Gasteiger partial charge in [-0.05, 0) is 36.5 Å². The quantitative estimate of drug-likeness (QED) is 0.440. The normalized spacial score (nSPS) is 15.5. The second-order valence-electron chi connectivity index (χ2n) is 6.10. The largest absolute Gasteiger partial charge is 0.362 e. The molecule has 5 nitrogen and oxygen atoms in total. The first-order valence-corrected chi connectivity index (χ1v) is 11.7. The summed E-state index contributed by atoms with van der Waals surface area (Å²) >= 11 is 7.25. The fraction of sp³-hybridized carbons (Fsp3) is 0.316. The van der Waals surface area contributed by atoms with Crippen LogP contribution in [-0.4, -0.2) is 61.2 Å². The molecule has 0 unspecified atom stereocenters. The average molecular weight is 422 g/mol. The smallest absolute Gasteiger partial charge is 0.243 e. The summed E-state index contributed by atoms with van der Waals surface area (Å²) in [5.41, 5.74) is 0. The van der Waals surface area contributed by atoms with Gasteiger partial charge in [0.05, 0.1) is 4.90 Å². The number of nitrogens with one attached hydrogen (secondary N) is 1. The first-order chi connectivity index (χ1) is 13.1. The molecule has 1 N–H and O–H groups in total. The molecule has 1 aliphatic heterocycles. The second-order valence-corrected chi connectivity index (χ2v) is 9.59. The Labute approximate surface area is 170 Å². The maximum Gasteiger partial charge on any atom is 0.243 e. The zero-order chi connectivity index (χ0) is 19.1. The summed E-state index contributed by atoms with van der Waals surface area (Å²) in [6.07, 6.45) is 0. The third-order valence-electron chi connectivity index (χ3n) is 4.30. The van der Waals surface area contributed by atoms with Gasteiger partial charge in [0.15, 0.2) is 5.11 Å². The van der Waals surface area contributed by atoms with E-state index in [0.717, 1.165) is 12.3 Å². The van der Waals surface area contributed by atoms with Crippen LogP contribution in [0.25, 0.3) is 0 Å². The number of benzene rings is 2. The molecule has 8 heteroatoms. The topological polar surface area (TPSA) is 52.7 Å². The van der Waals surface area contributed by atoms with Crippen molar-refractivity contribution >= 4 is 39.1 Å². The summed E-state index contributed by atoms with van der Waals surface area (Å²) in [5.74, 6) is 0.923. The van der Waals surface area contributed by atoms with E-state index in [1.54, 1.807) is 36.0 Å². The van der Waals surface area contributed by atoms with Crippen molar-refractivity contribution in [1.82, 2.24) is 14.5 Å². The van der Waals surface area contributed by atoms with E-state index in [1.165, 1.54) is 9.20 Å². The third kappa shape index (κ3) is 5.44. The number of piperazine rings is 1. The highest BCUT2D eigenvalue weighted by Crippen LogP contribution is 2.18. The van der Waals surface area contributed by atoms with Crippen LogP contribution in [0.1, 0.15) is 0 Å². The molecule has 0 aliphatic carbocycles. The molecule has 3 rings (SSSR count). The van der Waals surface area contributed by atoms with Gasteiger partial charge in [-0.2, -0.15) is 4.31 Å². The Balaban J connectivity index is 1.43. The van der Waals surface area contributed by atoms with Crippen LogP contribution in [0.3, 0.4) is 0 Å². The summed E-state index contributed by atoms with van der Waals surface area (Å²) in [4.78, 5) is 3.63. The summed E-state index contributed by atoms with van der Waals surface area (Å²) in [5, 5.41) is 3.97. The minimum absolute atomic E-state index is 0.345. The number of hydrogen-bond acceptors (Lipinski definition) is 4. The SMILES string of the molecule is O=S(=O)(c1ccccc1)N1CCN(C(=S)NCCSc2ccccc2)CC1. The van der Waals surface area contributed by atoms with Gasteiger partial charge in [-0.3, -0.25) is 0 Å². The number of hydrogen-bond donors (Lipinski definition) is 1. The molecule has 0 aromatic heterocycles. The lowest BCUT2D eigenvalue weighted by molar-refractivity contribution is 0.264. The summed E-state index contributed by atoms with van der Waals surface area (Å²) in [6, 6.07) is 18.8. The molecule has 0 atom stereocenters. The molecule has 144 valence electrons. The first kappa shape index (κ1) is 20.1.